The maximum Gasteiger partial charge on any atom is 0.325 e. The van der Waals surface area contributed by atoms with Gasteiger partial charge < -0.3 is 37.0 Å². The Balaban J connectivity index is 0.000000360. The first-order valence-electron chi connectivity index (χ1n) is 15.7. The van der Waals surface area contributed by atoms with E-state index in [4.69, 9.17) is 10.2 Å². The second-order valence-corrected chi connectivity index (χ2v) is 10.8. The van der Waals surface area contributed by atoms with E-state index in [0.717, 1.165) is 11.4 Å². The molecule has 17 nitrogen and oxygen atoms in total. The Labute approximate surface area is 303 Å². The molecule has 0 aliphatic carbocycles. The summed E-state index contributed by atoms with van der Waals surface area (Å²) in [5.41, 5.74) is 3.30. The molecule has 0 fully saturated rings. The number of rotatable bonds is 14. The predicted molar refractivity (Wildman–Crippen MR) is 193 cm³/mol. The lowest BCUT2D eigenvalue weighted by molar-refractivity contribution is -0.141. The molecule has 8 N–H and O–H groups in total. The summed E-state index contributed by atoms with van der Waals surface area (Å²) in [5, 5.41) is 43.1. The van der Waals surface area contributed by atoms with Crippen LogP contribution < -0.4 is 21.3 Å². The molecule has 4 amide bonds. The van der Waals surface area contributed by atoms with Crippen LogP contribution in [0.25, 0.3) is 0 Å². The van der Waals surface area contributed by atoms with Crippen LogP contribution in [0.2, 0.25) is 0 Å². The van der Waals surface area contributed by atoms with Crippen molar-refractivity contribution in [1.82, 2.24) is 21.3 Å². The molecule has 0 aromatic heterocycles. The molecule has 0 spiro atoms. The zero-order valence-electron chi connectivity index (χ0n) is 28.6. The maximum absolute atomic E-state index is 12.0. The first kappa shape index (κ1) is 42.0. The van der Waals surface area contributed by atoms with Gasteiger partial charge in [-0.15, -0.1) is 0 Å². The summed E-state index contributed by atoms with van der Waals surface area (Å²) in [6.45, 7) is 2.05. The van der Waals surface area contributed by atoms with E-state index in [2.05, 4.69) is 41.7 Å². The number of aliphatic carboxylic acids is 2. The normalized spacial score (nSPS) is 11.5. The molecule has 276 valence electrons. The summed E-state index contributed by atoms with van der Waals surface area (Å²) in [4.78, 5) is 68.4. The molecule has 0 heterocycles. The number of nitrogens with zero attached hydrogens (tertiary/aromatic N) is 4. The minimum atomic E-state index is -1.15. The van der Waals surface area contributed by atoms with Crippen LogP contribution in [0.5, 0.6) is 0 Å². The van der Waals surface area contributed by atoms with Gasteiger partial charge in [0.05, 0.1) is 35.8 Å². The van der Waals surface area contributed by atoms with Crippen LogP contribution in [-0.2, 0) is 19.2 Å². The summed E-state index contributed by atoms with van der Waals surface area (Å²) < 4.78 is 0. The van der Waals surface area contributed by atoms with E-state index in [9.17, 15) is 28.8 Å². The van der Waals surface area contributed by atoms with E-state index in [0.29, 0.717) is 22.5 Å². The van der Waals surface area contributed by atoms with Crippen LogP contribution in [0.3, 0.4) is 0 Å². The van der Waals surface area contributed by atoms with Gasteiger partial charge in [0, 0.05) is 11.1 Å². The number of carboxylic acid groups (broad SMARTS) is 2. The Hall–Kier alpha value is -7.14. The van der Waals surface area contributed by atoms with Crippen LogP contribution in [0.15, 0.2) is 130 Å². The van der Waals surface area contributed by atoms with Gasteiger partial charge in [0.25, 0.3) is 11.8 Å². The van der Waals surface area contributed by atoms with E-state index < -0.39 is 47.7 Å². The zero-order chi connectivity index (χ0) is 37.9. The summed E-state index contributed by atoms with van der Waals surface area (Å²) in [5.74, 6) is -4.36. The number of amides is 4. The SMILES string of the molecule is C[C@H](NC(=O)CNC(=O)c1ccc(N=Nc2ccccc2)cc1)C(=O)O.C[C@H](NC(=O)CNC(=O)c1ccc(N=Nc2ccccc2)cc1)C(=O)O.O. The van der Waals surface area contributed by atoms with Crippen molar-refractivity contribution in [2.24, 2.45) is 20.5 Å². The van der Waals surface area contributed by atoms with Crippen LogP contribution in [0.4, 0.5) is 22.7 Å². The monoisotopic (exact) mass is 726 g/mol. The smallest absolute Gasteiger partial charge is 0.325 e. The molecule has 0 unspecified atom stereocenters. The molecule has 0 aliphatic heterocycles. The molecule has 0 radical (unpaired) electrons. The topological polar surface area (TPSA) is 272 Å². The van der Waals surface area contributed by atoms with E-state index in [1.54, 1.807) is 48.5 Å². The van der Waals surface area contributed by atoms with Gasteiger partial charge >= 0.3 is 11.9 Å². The lowest BCUT2D eigenvalue weighted by Gasteiger charge is -2.10. The zero-order valence-corrected chi connectivity index (χ0v) is 28.6. The van der Waals surface area contributed by atoms with Gasteiger partial charge in [-0.25, -0.2) is 0 Å². The van der Waals surface area contributed by atoms with Crippen molar-refractivity contribution in [2.75, 3.05) is 13.1 Å². The van der Waals surface area contributed by atoms with Crippen molar-refractivity contribution in [3.8, 4) is 0 Å². The molecule has 0 saturated heterocycles. The molecule has 4 aromatic rings. The van der Waals surface area contributed by atoms with Crippen molar-refractivity contribution >= 4 is 58.3 Å². The summed E-state index contributed by atoms with van der Waals surface area (Å²) in [6.07, 6.45) is 0. The number of carbonyl (C=O) groups excluding carboxylic acids is 4. The number of nitrogens with one attached hydrogen (secondary N) is 4. The highest BCUT2D eigenvalue weighted by molar-refractivity contribution is 5.97. The number of hydrogen-bond acceptors (Lipinski definition) is 10. The van der Waals surface area contributed by atoms with Crippen LogP contribution in [0, 0.1) is 0 Å². The van der Waals surface area contributed by atoms with Crippen LogP contribution in [0.1, 0.15) is 34.6 Å². The second-order valence-electron chi connectivity index (χ2n) is 10.8. The van der Waals surface area contributed by atoms with Crippen LogP contribution in [-0.4, -0.2) is 76.4 Å². The van der Waals surface area contributed by atoms with E-state index in [-0.39, 0.29) is 18.6 Å². The Morgan fingerprint density at radius 1 is 0.491 bits per heavy atom. The van der Waals surface area contributed by atoms with E-state index in [1.165, 1.54) is 13.8 Å². The van der Waals surface area contributed by atoms with Crippen LogP contribution >= 0.6 is 0 Å². The van der Waals surface area contributed by atoms with Gasteiger partial charge in [0.15, 0.2) is 0 Å². The van der Waals surface area contributed by atoms with Gasteiger partial charge in [0.2, 0.25) is 11.8 Å². The Bertz CT molecular complexity index is 1750. The number of hydrogen-bond donors (Lipinski definition) is 6. The van der Waals surface area contributed by atoms with Crippen molar-refractivity contribution in [3.63, 3.8) is 0 Å². The number of carbonyl (C=O) groups is 6. The fourth-order valence-corrected chi connectivity index (χ4v) is 3.81. The Morgan fingerprint density at radius 3 is 1.06 bits per heavy atom. The lowest BCUT2D eigenvalue weighted by atomic mass is 10.2. The van der Waals surface area contributed by atoms with E-state index in [1.807, 2.05) is 60.7 Å². The van der Waals surface area contributed by atoms with E-state index >= 15 is 0 Å². The molecule has 53 heavy (non-hydrogen) atoms. The molecular formula is C36H38N8O9. The Kier molecular flexibility index (Phi) is 17.3. The molecule has 4 rings (SSSR count). The highest BCUT2D eigenvalue weighted by Gasteiger charge is 2.16. The lowest BCUT2D eigenvalue weighted by Crippen LogP contribution is -2.43. The molecule has 17 heteroatoms. The molecule has 2 atom stereocenters. The average molecular weight is 727 g/mol. The van der Waals surface area contributed by atoms with Gasteiger partial charge in [-0.3, -0.25) is 28.8 Å². The van der Waals surface area contributed by atoms with Gasteiger partial charge in [-0.1, -0.05) is 36.4 Å². The Morgan fingerprint density at radius 2 is 0.774 bits per heavy atom. The molecule has 4 aromatic carbocycles. The second kappa shape index (κ2) is 21.8. The highest BCUT2D eigenvalue weighted by atomic mass is 16.4. The minimum Gasteiger partial charge on any atom is -0.480 e. The third-order valence-electron chi connectivity index (χ3n) is 6.65. The van der Waals surface area contributed by atoms with Crippen molar-refractivity contribution in [3.05, 3.63) is 120 Å². The molecule has 0 saturated carbocycles. The predicted octanol–water partition coefficient (Wildman–Crippen LogP) is 4.02. The summed E-state index contributed by atoms with van der Waals surface area (Å²) >= 11 is 0. The number of carboxylic acids is 2. The molecular weight excluding hydrogens is 688 g/mol. The number of azo groups is 2. The van der Waals surface area contributed by atoms with Crippen molar-refractivity contribution < 1.29 is 44.5 Å². The fourth-order valence-electron chi connectivity index (χ4n) is 3.81. The van der Waals surface area contributed by atoms with Gasteiger partial charge in [-0.05, 0) is 86.6 Å². The third kappa shape index (κ3) is 15.5. The standard InChI is InChI=1S/2C18H18N4O4.H2O/c2*1-12(18(25)26)20-16(23)11-19-17(24)13-7-9-15(10-8-13)22-21-14-5-3-2-4-6-14;/h2*2-10,12H,11H2,1H3,(H,19,24)(H,20,23)(H,25,26);1H2/t2*12-;/m00./s1. The van der Waals surface area contributed by atoms with Crippen molar-refractivity contribution in [2.45, 2.75) is 25.9 Å². The summed E-state index contributed by atoms with van der Waals surface area (Å²) in [7, 11) is 0. The first-order chi connectivity index (χ1) is 24.9. The van der Waals surface area contributed by atoms with Gasteiger partial charge in [-0.2, -0.15) is 20.5 Å². The van der Waals surface area contributed by atoms with Crippen molar-refractivity contribution in [1.29, 1.82) is 0 Å². The summed E-state index contributed by atoms with van der Waals surface area (Å²) in [6, 6.07) is 29.2. The first-order valence-corrected chi connectivity index (χ1v) is 15.7. The minimum absolute atomic E-state index is 0. The third-order valence-corrected chi connectivity index (χ3v) is 6.65. The maximum atomic E-state index is 12.0. The average Bonchev–Trinajstić information content (AvgIpc) is 3.15. The number of benzene rings is 4. The molecule has 0 aliphatic rings. The largest absolute Gasteiger partial charge is 0.480 e. The highest BCUT2D eigenvalue weighted by Crippen LogP contribution is 2.19. The molecule has 0 bridgehead atoms. The quantitative estimate of drug-likeness (QED) is 0.103. The fraction of sp³-hybridized carbons (Fsp3) is 0.167. The van der Waals surface area contributed by atoms with Gasteiger partial charge in [0.1, 0.15) is 12.1 Å².